The van der Waals surface area contributed by atoms with Gasteiger partial charge in [0, 0.05) is 30.5 Å². The smallest absolute Gasteiger partial charge is 0.246 e. The first kappa shape index (κ1) is 27.8. The van der Waals surface area contributed by atoms with E-state index >= 15 is 0 Å². The van der Waals surface area contributed by atoms with Crippen molar-refractivity contribution >= 4 is 17.8 Å². The highest BCUT2D eigenvalue weighted by Gasteiger charge is 2.20. The standard InChI is InChI=1S/C32H37N5O2/c1-24(2)26-15-17-28(18-16-26)37-22-29(27-13-9-6-10-14-27)33-32(37)34-30(38)23-36(20-19-35(3)4)31(39)21-25-11-7-5-8-12-25/h5-18,22,24H,19-21,23H2,1-4H3,(H,33,34,38). The quantitative estimate of drug-likeness (QED) is 0.292. The molecule has 4 rings (SSSR count). The number of aromatic nitrogens is 2. The predicted molar refractivity (Wildman–Crippen MR) is 157 cm³/mol. The van der Waals surface area contributed by atoms with Gasteiger partial charge in [-0.3, -0.25) is 19.5 Å². The van der Waals surface area contributed by atoms with E-state index in [1.54, 1.807) is 4.90 Å². The Morgan fingerprint density at radius 1 is 0.872 bits per heavy atom. The Balaban J connectivity index is 1.57. The van der Waals surface area contributed by atoms with E-state index in [1.165, 1.54) is 5.56 Å². The molecule has 39 heavy (non-hydrogen) atoms. The van der Waals surface area contributed by atoms with Gasteiger partial charge in [0.05, 0.1) is 18.7 Å². The van der Waals surface area contributed by atoms with Gasteiger partial charge in [0.15, 0.2) is 0 Å². The number of likely N-dealkylation sites (N-methyl/N-ethyl adjacent to an activating group) is 1. The van der Waals surface area contributed by atoms with E-state index in [4.69, 9.17) is 4.98 Å². The van der Waals surface area contributed by atoms with Crippen LogP contribution in [0.4, 0.5) is 5.95 Å². The summed E-state index contributed by atoms with van der Waals surface area (Å²) in [6.45, 7) is 5.37. The van der Waals surface area contributed by atoms with Gasteiger partial charge in [-0.05, 0) is 43.3 Å². The highest BCUT2D eigenvalue weighted by molar-refractivity contribution is 5.94. The molecule has 1 aromatic heterocycles. The monoisotopic (exact) mass is 523 g/mol. The van der Waals surface area contributed by atoms with Crippen LogP contribution >= 0.6 is 0 Å². The molecule has 0 aliphatic rings. The highest BCUT2D eigenvalue weighted by atomic mass is 16.2. The Hall–Kier alpha value is -4.23. The zero-order chi connectivity index (χ0) is 27.8. The molecule has 0 spiro atoms. The van der Waals surface area contributed by atoms with Gasteiger partial charge in [-0.25, -0.2) is 4.98 Å². The molecule has 0 aliphatic carbocycles. The minimum atomic E-state index is -0.291. The molecule has 0 atom stereocenters. The normalized spacial score (nSPS) is 11.1. The zero-order valence-corrected chi connectivity index (χ0v) is 23.2. The first-order chi connectivity index (χ1) is 18.8. The van der Waals surface area contributed by atoms with Crippen LogP contribution in [0.5, 0.6) is 0 Å². The molecule has 0 saturated heterocycles. The first-order valence-electron chi connectivity index (χ1n) is 13.3. The number of hydrogen-bond acceptors (Lipinski definition) is 4. The Morgan fingerprint density at radius 2 is 1.51 bits per heavy atom. The average Bonchev–Trinajstić information content (AvgIpc) is 3.35. The second-order valence-corrected chi connectivity index (χ2v) is 10.3. The van der Waals surface area contributed by atoms with Crippen LogP contribution in [0.3, 0.4) is 0 Å². The molecule has 7 heteroatoms. The number of imidazole rings is 1. The third-order valence-electron chi connectivity index (χ3n) is 6.57. The van der Waals surface area contributed by atoms with Gasteiger partial charge in [0.1, 0.15) is 0 Å². The van der Waals surface area contributed by atoms with E-state index < -0.39 is 0 Å². The second kappa shape index (κ2) is 13.0. The van der Waals surface area contributed by atoms with E-state index in [-0.39, 0.29) is 24.8 Å². The van der Waals surface area contributed by atoms with Crippen molar-refractivity contribution in [3.05, 3.63) is 102 Å². The number of nitrogens with zero attached hydrogens (tertiary/aromatic N) is 4. The topological polar surface area (TPSA) is 70.5 Å². The van der Waals surface area contributed by atoms with Crippen LogP contribution in [-0.4, -0.2) is 64.9 Å². The Kier molecular flexibility index (Phi) is 9.28. The van der Waals surface area contributed by atoms with Gasteiger partial charge in [-0.2, -0.15) is 0 Å². The van der Waals surface area contributed by atoms with Crippen LogP contribution in [0.25, 0.3) is 16.9 Å². The molecule has 1 heterocycles. The van der Waals surface area contributed by atoms with Gasteiger partial charge in [0.2, 0.25) is 17.8 Å². The third-order valence-corrected chi connectivity index (χ3v) is 6.57. The van der Waals surface area contributed by atoms with Gasteiger partial charge < -0.3 is 9.80 Å². The molecular weight excluding hydrogens is 486 g/mol. The van der Waals surface area contributed by atoms with Crippen LogP contribution in [-0.2, 0) is 16.0 Å². The van der Waals surface area contributed by atoms with Gasteiger partial charge in [0.25, 0.3) is 0 Å². The molecule has 0 unspecified atom stereocenters. The average molecular weight is 524 g/mol. The lowest BCUT2D eigenvalue weighted by atomic mass is 10.0. The fourth-order valence-electron chi connectivity index (χ4n) is 4.27. The summed E-state index contributed by atoms with van der Waals surface area (Å²) in [6.07, 6.45) is 2.18. The van der Waals surface area contributed by atoms with Crippen LogP contribution in [0.2, 0.25) is 0 Å². The van der Waals surface area contributed by atoms with E-state index in [9.17, 15) is 9.59 Å². The lowest BCUT2D eigenvalue weighted by molar-refractivity contribution is -0.134. The molecule has 4 aromatic rings. The Labute approximate surface area is 231 Å². The van der Waals surface area contributed by atoms with Crippen molar-refractivity contribution in [2.24, 2.45) is 0 Å². The first-order valence-corrected chi connectivity index (χ1v) is 13.3. The predicted octanol–water partition coefficient (Wildman–Crippen LogP) is 5.23. The Morgan fingerprint density at radius 3 is 2.13 bits per heavy atom. The van der Waals surface area contributed by atoms with Gasteiger partial charge >= 0.3 is 0 Å². The molecule has 0 fully saturated rings. The zero-order valence-electron chi connectivity index (χ0n) is 23.2. The minimum Gasteiger partial charge on any atom is -0.332 e. The van der Waals surface area contributed by atoms with E-state index in [2.05, 4.69) is 31.3 Å². The number of nitrogens with one attached hydrogen (secondary N) is 1. The molecule has 1 N–H and O–H groups in total. The van der Waals surface area contributed by atoms with E-state index in [0.717, 1.165) is 22.5 Å². The minimum absolute atomic E-state index is 0.0562. The molecule has 0 radical (unpaired) electrons. The molecule has 0 bridgehead atoms. The maximum Gasteiger partial charge on any atom is 0.246 e. The fourth-order valence-corrected chi connectivity index (χ4v) is 4.27. The maximum atomic E-state index is 13.3. The Bertz CT molecular complexity index is 1360. The molecule has 202 valence electrons. The molecule has 3 aromatic carbocycles. The summed E-state index contributed by atoms with van der Waals surface area (Å²) in [5.41, 5.74) is 4.76. The summed E-state index contributed by atoms with van der Waals surface area (Å²) in [6, 6.07) is 27.7. The summed E-state index contributed by atoms with van der Waals surface area (Å²) in [7, 11) is 3.90. The van der Waals surface area contributed by atoms with Gasteiger partial charge in [-0.15, -0.1) is 0 Å². The number of anilines is 1. The summed E-state index contributed by atoms with van der Waals surface area (Å²) in [4.78, 5) is 34.9. The van der Waals surface area contributed by atoms with E-state index in [0.29, 0.717) is 25.0 Å². The molecule has 0 saturated carbocycles. The fraction of sp³-hybridized carbons (Fsp3) is 0.281. The summed E-state index contributed by atoms with van der Waals surface area (Å²) >= 11 is 0. The second-order valence-electron chi connectivity index (χ2n) is 10.3. The maximum absolute atomic E-state index is 13.3. The number of carbonyl (C=O) groups excluding carboxylic acids is 2. The molecule has 2 amide bonds. The molecule has 0 aliphatic heterocycles. The summed E-state index contributed by atoms with van der Waals surface area (Å²) in [5, 5.41) is 2.98. The van der Waals surface area contributed by atoms with Crippen molar-refractivity contribution in [3.8, 4) is 16.9 Å². The van der Waals surface area contributed by atoms with Crippen LogP contribution in [0, 0.1) is 0 Å². The van der Waals surface area contributed by atoms with Crippen molar-refractivity contribution in [2.75, 3.05) is 39.0 Å². The number of carbonyl (C=O) groups is 2. The van der Waals surface area contributed by atoms with Crippen molar-refractivity contribution < 1.29 is 9.59 Å². The van der Waals surface area contributed by atoms with Gasteiger partial charge in [-0.1, -0.05) is 86.6 Å². The van der Waals surface area contributed by atoms with Crippen LogP contribution in [0.15, 0.2) is 91.1 Å². The van der Waals surface area contributed by atoms with Crippen molar-refractivity contribution in [2.45, 2.75) is 26.2 Å². The van der Waals surface area contributed by atoms with Crippen LogP contribution in [0.1, 0.15) is 30.9 Å². The third kappa shape index (κ3) is 7.65. The lowest BCUT2D eigenvalue weighted by Crippen LogP contribution is -2.42. The largest absolute Gasteiger partial charge is 0.332 e. The molecule has 7 nitrogen and oxygen atoms in total. The number of benzene rings is 3. The number of rotatable bonds is 11. The van der Waals surface area contributed by atoms with E-state index in [1.807, 2.05) is 103 Å². The van der Waals surface area contributed by atoms with Crippen molar-refractivity contribution in [3.63, 3.8) is 0 Å². The lowest BCUT2D eigenvalue weighted by Gasteiger charge is -2.24. The number of amides is 2. The SMILES string of the molecule is CC(C)c1ccc(-n2cc(-c3ccccc3)nc2NC(=O)CN(CCN(C)C)C(=O)Cc2ccccc2)cc1. The highest BCUT2D eigenvalue weighted by Crippen LogP contribution is 2.25. The van der Waals surface area contributed by atoms with Crippen LogP contribution < -0.4 is 5.32 Å². The van der Waals surface area contributed by atoms with Crippen molar-refractivity contribution in [1.82, 2.24) is 19.4 Å². The number of hydrogen-bond donors (Lipinski definition) is 1. The summed E-state index contributed by atoms with van der Waals surface area (Å²) in [5.74, 6) is 0.456. The van der Waals surface area contributed by atoms with Crippen molar-refractivity contribution in [1.29, 1.82) is 0 Å². The summed E-state index contributed by atoms with van der Waals surface area (Å²) < 4.78 is 1.89. The molecular formula is C32H37N5O2.